The quantitative estimate of drug-likeness (QED) is 0.139. The first-order valence-electron chi connectivity index (χ1n) is 10.9. The summed E-state index contributed by atoms with van der Waals surface area (Å²) in [6.07, 6.45) is 1.80. The highest BCUT2D eigenvalue weighted by molar-refractivity contribution is 7.53. The number of aromatic nitrogens is 2. The van der Waals surface area contributed by atoms with E-state index in [2.05, 4.69) is 15.3 Å². The Balaban J connectivity index is 1.69. The summed E-state index contributed by atoms with van der Waals surface area (Å²) in [6.45, 7) is 0.938. The van der Waals surface area contributed by atoms with Crippen LogP contribution in [0.1, 0.15) is 6.42 Å². The van der Waals surface area contributed by atoms with Crippen LogP contribution in [0.3, 0.4) is 0 Å². The van der Waals surface area contributed by atoms with Crippen molar-refractivity contribution in [3.8, 4) is 11.5 Å². The van der Waals surface area contributed by atoms with Gasteiger partial charge in [-0.1, -0.05) is 11.6 Å². The van der Waals surface area contributed by atoms with E-state index < -0.39 is 13.5 Å². The summed E-state index contributed by atoms with van der Waals surface area (Å²) >= 11 is 17.4. The Morgan fingerprint density at radius 1 is 1.11 bits per heavy atom. The molecular formula is C22H26Cl3FN5O4P. The fourth-order valence-corrected chi connectivity index (χ4v) is 5.39. The van der Waals surface area contributed by atoms with Gasteiger partial charge in [0.25, 0.3) is 0 Å². The van der Waals surface area contributed by atoms with Gasteiger partial charge >= 0.3 is 7.67 Å². The summed E-state index contributed by atoms with van der Waals surface area (Å²) in [6, 6.07) is 7.73. The SMILES string of the molecule is COc1cc2ncnc(Nc3ccc(F)c(Cl)c3)c2cc1OCCCOP(N)(=O)N(CCCl)CCCl. The highest BCUT2D eigenvalue weighted by atomic mass is 35.5. The van der Waals surface area contributed by atoms with Gasteiger partial charge in [-0.3, -0.25) is 4.57 Å². The van der Waals surface area contributed by atoms with Crippen molar-refractivity contribution < 1.29 is 23.0 Å². The first kappa shape index (κ1) is 28.7. The third-order valence-corrected chi connectivity index (χ3v) is 7.37. The molecule has 0 aliphatic carbocycles. The second kappa shape index (κ2) is 13.6. The molecule has 0 saturated heterocycles. The van der Waals surface area contributed by atoms with Crippen LogP contribution in [0.15, 0.2) is 36.7 Å². The van der Waals surface area contributed by atoms with Crippen molar-refractivity contribution >= 4 is 64.9 Å². The van der Waals surface area contributed by atoms with E-state index in [1.807, 2.05) is 0 Å². The Bertz CT molecular complexity index is 1220. The van der Waals surface area contributed by atoms with Gasteiger partial charge in [-0.05, 0) is 24.3 Å². The third-order valence-electron chi connectivity index (χ3n) is 5.01. The number of hydrogen-bond donors (Lipinski definition) is 2. The van der Waals surface area contributed by atoms with E-state index in [1.54, 1.807) is 18.2 Å². The van der Waals surface area contributed by atoms with Gasteiger partial charge in [-0.2, -0.15) is 0 Å². The number of nitrogens with two attached hydrogens (primary N) is 1. The number of nitrogens with zero attached hydrogens (tertiary/aromatic N) is 3. The van der Waals surface area contributed by atoms with Gasteiger partial charge in [0.05, 0.1) is 30.9 Å². The summed E-state index contributed by atoms with van der Waals surface area (Å²) < 4.78 is 44.4. The molecule has 0 aliphatic rings. The van der Waals surface area contributed by atoms with Gasteiger partial charge in [0, 0.05) is 48.4 Å². The summed E-state index contributed by atoms with van der Waals surface area (Å²) in [5.74, 6) is 1.37. The Hall–Kier alpha value is -1.91. The molecule has 1 aromatic heterocycles. The van der Waals surface area contributed by atoms with Crippen LogP contribution in [0.25, 0.3) is 10.9 Å². The number of methoxy groups -OCH3 is 1. The number of hydrogen-bond acceptors (Lipinski definition) is 7. The maximum Gasteiger partial charge on any atom is 0.340 e. The predicted octanol–water partition coefficient (Wildman–Crippen LogP) is 5.81. The average Bonchev–Trinajstić information content (AvgIpc) is 2.85. The molecule has 3 rings (SSSR count). The molecule has 0 radical (unpaired) electrons. The van der Waals surface area contributed by atoms with Gasteiger partial charge in [0.2, 0.25) is 0 Å². The Kier molecular flexibility index (Phi) is 10.8. The zero-order valence-electron chi connectivity index (χ0n) is 19.4. The molecule has 0 spiro atoms. The lowest BCUT2D eigenvalue weighted by Crippen LogP contribution is -2.29. The summed E-state index contributed by atoms with van der Waals surface area (Å²) in [4.78, 5) is 8.58. The highest BCUT2D eigenvalue weighted by Gasteiger charge is 2.26. The Labute approximate surface area is 223 Å². The van der Waals surface area contributed by atoms with Crippen LogP contribution in [0, 0.1) is 5.82 Å². The predicted molar refractivity (Wildman–Crippen MR) is 142 cm³/mol. The highest BCUT2D eigenvalue weighted by Crippen LogP contribution is 2.42. The molecule has 36 heavy (non-hydrogen) atoms. The molecule has 0 fully saturated rings. The van der Waals surface area contributed by atoms with E-state index >= 15 is 0 Å². The summed E-state index contributed by atoms with van der Waals surface area (Å²) in [5.41, 5.74) is 7.03. The number of rotatable bonds is 14. The van der Waals surface area contributed by atoms with Gasteiger partial charge < -0.3 is 19.3 Å². The average molecular weight is 581 g/mol. The molecule has 1 atom stereocenters. The zero-order valence-corrected chi connectivity index (χ0v) is 22.6. The number of fused-ring (bicyclic) bond motifs is 1. The zero-order chi connectivity index (χ0) is 26.1. The van der Waals surface area contributed by atoms with E-state index in [-0.39, 0.29) is 30.0 Å². The van der Waals surface area contributed by atoms with Gasteiger partial charge in [0.1, 0.15) is 18.0 Å². The second-order valence-electron chi connectivity index (χ2n) is 7.43. The summed E-state index contributed by atoms with van der Waals surface area (Å²) in [7, 11) is -2.00. The van der Waals surface area contributed by atoms with Crippen molar-refractivity contribution in [1.29, 1.82) is 0 Å². The smallest absolute Gasteiger partial charge is 0.340 e. The van der Waals surface area contributed by atoms with Crippen LogP contribution < -0.4 is 20.3 Å². The van der Waals surface area contributed by atoms with Crippen molar-refractivity contribution in [1.82, 2.24) is 14.6 Å². The van der Waals surface area contributed by atoms with Crippen LogP contribution in [0.2, 0.25) is 5.02 Å². The van der Waals surface area contributed by atoms with E-state index in [9.17, 15) is 8.96 Å². The molecule has 0 aliphatic heterocycles. The minimum atomic E-state index is -3.52. The molecule has 1 heterocycles. The number of ether oxygens (including phenoxy) is 2. The molecule has 3 aromatic rings. The maximum atomic E-state index is 13.5. The normalized spacial score (nSPS) is 13.1. The molecule has 3 N–H and O–H groups in total. The summed E-state index contributed by atoms with van der Waals surface area (Å²) in [5, 5.41) is 3.75. The maximum absolute atomic E-state index is 13.5. The lowest BCUT2D eigenvalue weighted by Gasteiger charge is -2.26. The van der Waals surface area contributed by atoms with Crippen LogP contribution in [-0.4, -0.2) is 59.8 Å². The monoisotopic (exact) mass is 579 g/mol. The van der Waals surface area contributed by atoms with Gasteiger partial charge in [-0.25, -0.2) is 24.5 Å². The molecule has 14 heteroatoms. The Morgan fingerprint density at radius 2 is 1.86 bits per heavy atom. The van der Waals surface area contributed by atoms with E-state index in [4.69, 9.17) is 54.3 Å². The van der Waals surface area contributed by atoms with Crippen molar-refractivity contribution in [3.05, 3.63) is 47.5 Å². The first-order valence-corrected chi connectivity index (χ1v) is 14.0. The molecular weight excluding hydrogens is 555 g/mol. The molecule has 0 amide bonds. The number of anilines is 2. The van der Waals surface area contributed by atoms with Crippen LogP contribution in [-0.2, 0) is 9.09 Å². The minimum absolute atomic E-state index is 0.0123. The molecule has 0 bridgehead atoms. The van der Waals surface area contributed by atoms with Crippen molar-refractivity contribution in [3.63, 3.8) is 0 Å². The van der Waals surface area contributed by atoms with Gasteiger partial charge in [-0.15, -0.1) is 23.2 Å². The molecule has 0 saturated carbocycles. The lowest BCUT2D eigenvalue weighted by molar-refractivity contribution is 0.224. The molecule has 1 unspecified atom stereocenters. The van der Waals surface area contributed by atoms with Crippen LogP contribution >= 0.6 is 42.5 Å². The van der Waals surface area contributed by atoms with Crippen LogP contribution in [0.5, 0.6) is 11.5 Å². The number of alkyl halides is 2. The van der Waals surface area contributed by atoms with E-state index in [0.29, 0.717) is 53.4 Å². The number of nitrogens with one attached hydrogen (secondary N) is 1. The topological polar surface area (TPSA) is 112 Å². The molecule has 9 nitrogen and oxygen atoms in total. The van der Waals surface area contributed by atoms with Gasteiger partial charge in [0.15, 0.2) is 11.5 Å². The number of benzene rings is 2. The van der Waals surface area contributed by atoms with E-state index in [0.717, 1.165) is 0 Å². The fourth-order valence-electron chi connectivity index (χ4n) is 3.25. The standard InChI is InChI=1S/C22H26Cl3FN5O4P/c1-33-20-13-19-16(22(29-14-28-19)30-15-3-4-18(26)17(25)11-15)12-21(20)34-9-2-10-35-36(27,32)31(7-5-23)8-6-24/h3-4,11-14H,2,5-10H2,1H3,(H2,27,32)(H,28,29,30). The second-order valence-corrected chi connectivity index (χ2v) is 10.5. The Morgan fingerprint density at radius 3 is 2.53 bits per heavy atom. The fraction of sp³-hybridized carbons (Fsp3) is 0.364. The van der Waals surface area contributed by atoms with E-state index in [1.165, 1.54) is 30.2 Å². The largest absolute Gasteiger partial charge is 0.493 e. The van der Waals surface area contributed by atoms with Crippen molar-refractivity contribution in [2.45, 2.75) is 6.42 Å². The third kappa shape index (κ3) is 7.55. The first-order chi connectivity index (χ1) is 17.3. The van der Waals surface area contributed by atoms with Crippen LogP contribution in [0.4, 0.5) is 15.9 Å². The minimum Gasteiger partial charge on any atom is -0.493 e. The van der Waals surface area contributed by atoms with Crippen molar-refractivity contribution in [2.24, 2.45) is 5.50 Å². The molecule has 2 aromatic carbocycles. The lowest BCUT2D eigenvalue weighted by atomic mass is 10.2. The molecule has 196 valence electrons. The number of halogens is 4. The van der Waals surface area contributed by atoms with Crippen molar-refractivity contribution in [2.75, 3.05) is 50.5 Å².